The zero-order valence-corrected chi connectivity index (χ0v) is 9.05. The molecular weight excluding hydrogens is 158 g/mol. The minimum absolute atomic E-state index is 0.779. The molecule has 1 rings (SSSR count). The summed E-state index contributed by atoms with van der Waals surface area (Å²) in [6.45, 7) is 5.51. The third-order valence-electron chi connectivity index (χ3n) is 3.02. The van der Waals surface area contributed by atoms with Crippen molar-refractivity contribution in [2.24, 2.45) is 5.92 Å². The molecule has 0 aromatic rings. The lowest BCUT2D eigenvalue weighted by molar-refractivity contribution is 0.464. The number of hydrogen-bond acceptors (Lipinski definition) is 1. The van der Waals surface area contributed by atoms with Crippen molar-refractivity contribution in [1.82, 2.24) is 5.32 Å². The van der Waals surface area contributed by atoms with E-state index in [1.807, 2.05) is 0 Å². The van der Waals surface area contributed by atoms with Crippen LogP contribution in [0.5, 0.6) is 0 Å². The average Bonchev–Trinajstić information content (AvgIpc) is 2.32. The first kappa shape index (κ1) is 10.8. The molecule has 0 aromatic heterocycles. The van der Waals surface area contributed by atoms with E-state index in [4.69, 9.17) is 0 Å². The first-order valence-electron chi connectivity index (χ1n) is 5.67. The van der Waals surface area contributed by atoms with Crippen molar-refractivity contribution >= 4 is 0 Å². The van der Waals surface area contributed by atoms with E-state index in [0.29, 0.717) is 0 Å². The minimum atomic E-state index is 0.779. The molecule has 1 N–H and O–H groups in total. The number of rotatable bonds is 3. The van der Waals surface area contributed by atoms with E-state index >= 15 is 0 Å². The third-order valence-corrected chi connectivity index (χ3v) is 3.02. The Kier molecular flexibility index (Phi) is 5.14. The molecule has 0 saturated heterocycles. The van der Waals surface area contributed by atoms with Gasteiger partial charge in [-0.2, -0.15) is 0 Å². The van der Waals surface area contributed by atoms with Gasteiger partial charge in [0.2, 0.25) is 0 Å². The van der Waals surface area contributed by atoms with Gasteiger partial charge in [0.05, 0.1) is 0 Å². The fraction of sp³-hybridized carbons (Fsp3) is 0.833. The van der Waals surface area contributed by atoms with Crippen molar-refractivity contribution in [3.8, 4) is 0 Å². The zero-order valence-electron chi connectivity index (χ0n) is 9.05. The fourth-order valence-electron chi connectivity index (χ4n) is 2.04. The maximum atomic E-state index is 3.60. The van der Waals surface area contributed by atoms with Crippen LogP contribution in [0.3, 0.4) is 0 Å². The lowest BCUT2D eigenvalue weighted by Crippen LogP contribution is -2.28. The van der Waals surface area contributed by atoms with Crippen molar-refractivity contribution in [2.45, 2.75) is 52.0 Å². The van der Waals surface area contributed by atoms with Crippen LogP contribution in [0.1, 0.15) is 46.0 Å². The molecule has 1 fully saturated rings. The fourth-order valence-corrected chi connectivity index (χ4v) is 2.04. The van der Waals surface area contributed by atoms with Gasteiger partial charge in [-0.1, -0.05) is 31.9 Å². The second kappa shape index (κ2) is 6.20. The lowest BCUT2D eigenvalue weighted by atomic mass is 10.0. The van der Waals surface area contributed by atoms with Crippen LogP contribution in [0, 0.1) is 5.92 Å². The Bertz CT molecular complexity index is 151. The Morgan fingerprint density at radius 1 is 1.23 bits per heavy atom. The van der Waals surface area contributed by atoms with Crippen LogP contribution in [0.25, 0.3) is 0 Å². The van der Waals surface area contributed by atoms with Crippen LogP contribution in [0.4, 0.5) is 0 Å². The predicted molar refractivity (Wildman–Crippen MR) is 58.9 cm³/mol. The summed E-state index contributed by atoms with van der Waals surface area (Å²) in [6.07, 6.45) is 11.3. The average molecular weight is 181 g/mol. The summed E-state index contributed by atoms with van der Waals surface area (Å²) in [4.78, 5) is 0. The number of allylic oxidation sites excluding steroid dienone is 1. The zero-order chi connectivity index (χ0) is 9.52. The van der Waals surface area contributed by atoms with E-state index < -0.39 is 0 Å². The smallest absolute Gasteiger partial charge is 0.0137 e. The van der Waals surface area contributed by atoms with Crippen LogP contribution >= 0.6 is 0 Å². The molecule has 1 heteroatoms. The Balaban J connectivity index is 2.18. The molecule has 1 nitrogen and oxygen atoms in total. The highest BCUT2D eigenvalue weighted by atomic mass is 14.9. The standard InChI is InChI=1S/C12H23N/c1-3-4-10-13-12-7-5-6-11(2)8-9-12/h3-4,11-13H,5-10H2,1-2H3/b4-3+. The molecule has 0 amide bonds. The van der Waals surface area contributed by atoms with Gasteiger partial charge in [-0.15, -0.1) is 0 Å². The van der Waals surface area contributed by atoms with E-state index in [9.17, 15) is 0 Å². The van der Waals surface area contributed by atoms with Gasteiger partial charge < -0.3 is 5.32 Å². The van der Waals surface area contributed by atoms with E-state index in [2.05, 4.69) is 31.3 Å². The minimum Gasteiger partial charge on any atom is -0.311 e. The number of nitrogens with one attached hydrogen (secondary N) is 1. The Hall–Kier alpha value is -0.300. The maximum Gasteiger partial charge on any atom is 0.0137 e. The first-order valence-corrected chi connectivity index (χ1v) is 5.67. The predicted octanol–water partition coefficient (Wildman–Crippen LogP) is 3.12. The van der Waals surface area contributed by atoms with Gasteiger partial charge in [0, 0.05) is 12.6 Å². The van der Waals surface area contributed by atoms with Gasteiger partial charge in [0.1, 0.15) is 0 Å². The van der Waals surface area contributed by atoms with Crippen LogP contribution < -0.4 is 5.32 Å². The third kappa shape index (κ3) is 4.47. The number of hydrogen-bond donors (Lipinski definition) is 1. The molecule has 0 radical (unpaired) electrons. The molecule has 0 aliphatic heterocycles. The summed E-state index contributed by atoms with van der Waals surface area (Å²) < 4.78 is 0. The lowest BCUT2D eigenvalue weighted by Gasteiger charge is -2.14. The molecule has 1 aliphatic carbocycles. The van der Waals surface area contributed by atoms with Gasteiger partial charge in [0.15, 0.2) is 0 Å². The van der Waals surface area contributed by atoms with Gasteiger partial charge in [-0.05, 0) is 32.1 Å². The molecular formula is C12H23N. The topological polar surface area (TPSA) is 12.0 Å². The summed E-state index contributed by atoms with van der Waals surface area (Å²) >= 11 is 0. The molecule has 76 valence electrons. The SMILES string of the molecule is C/C=C/CNC1CCCC(C)CC1. The van der Waals surface area contributed by atoms with Crippen molar-refractivity contribution in [3.05, 3.63) is 12.2 Å². The first-order chi connectivity index (χ1) is 6.33. The van der Waals surface area contributed by atoms with Gasteiger partial charge in [0.25, 0.3) is 0 Å². The van der Waals surface area contributed by atoms with Crippen LogP contribution in [0.2, 0.25) is 0 Å². The van der Waals surface area contributed by atoms with Crippen molar-refractivity contribution < 1.29 is 0 Å². The van der Waals surface area contributed by atoms with E-state index in [0.717, 1.165) is 18.5 Å². The molecule has 0 aromatic carbocycles. The monoisotopic (exact) mass is 181 g/mol. The van der Waals surface area contributed by atoms with E-state index in [1.54, 1.807) is 0 Å². The molecule has 0 bridgehead atoms. The van der Waals surface area contributed by atoms with Crippen LogP contribution in [-0.2, 0) is 0 Å². The summed E-state index contributed by atoms with van der Waals surface area (Å²) in [5, 5.41) is 3.60. The van der Waals surface area contributed by atoms with Crippen LogP contribution in [0.15, 0.2) is 12.2 Å². The highest BCUT2D eigenvalue weighted by molar-refractivity contribution is 4.82. The van der Waals surface area contributed by atoms with Crippen molar-refractivity contribution in [2.75, 3.05) is 6.54 Å². The highest BCUT2D eigenvalue weighted by Crippen LogP contribution is 2.22. The summed E-state index contributed by atoms with van der Waals surface area (Å²) in [7, 11) is 0. The molecule has 0 spiro atoms. The molecule has 2 atom stereocenters. The summed E-state index contributed by atoms with van der Waals surface area (Å²) in [6, 6.07) is 0.779. The second-order valence-electron chi connectivity index (χ2n) is 4.29. The largest absolute Gasteiger partial charge is 0.311 e. The molecule has 1 aliphatic rings. The molecule has 0 heterocycles. The molecule has 13 heavy (non-hydrogen) atoms. The van der Waals surface area contributed by atoms with Gasteiger partial charge in [-0.3, -0.25) is 0 Å². The summed E-state index contributed by atoms with van der Waals surface area (Å²) in [5.41, 5.74) is 0. The maximum absolute atomic E-state index is 3.60. The Morgan fingerprint density at radius 3 is 2.85 bits per heavy atom. The molecule has 1 saturated carbocycles. The Morgan fingerprint density at radius 2 is 2.08 bits per heavy atom. The summed E-state index contributed by atoms with van der Waals surface area (Å²) in [5.74, 6) is 0.952. The van der Waals surface area contributed by atoms with Crippen molar-refractivity contribution in [3.63, 3.8) is 0 Å². The van der Waals surface area contributed by atoms with Crippen molar-refractivity contribution in [1.29, 1.82) is 0 Å². The van der Waals surface area contributed by atoms with E-state index in [-0.39, 0.29) is 0 Å². The van der Waals surface area contributed by atoms with Gasteiger partial charge in [-0.25, -0.2) is 0 Å². The van der Waals surface area contributed by atoms with Crippen LogP contribution in [-0.4, -0.2) is 12.6 Å². The highest BCUT2D eigenvalue weighted by Gasteiger charge is 2.14. The second-order valence-corrected chi connectivity index (χ2v) is 4.29. The quantitative estimate of drug-likeness (QED) is 0.521. The van der Waals surface area contributed by atoms with E-state index in [1.165, 1.54) is 32.1 Å². The normalized spacial score (nSPS) is 30.6. The van der Waals surface area contributed by atoms with Gasteiger partial charge >= 0.3 is 0 Å². The molecule has 2 unspecified atom stereocenters. The Labute approximate surface area is 82.6 Å².